The minimum Gasteiger partial charge on any atom is -0.443 e. The van der Waals surface area contributed by atoms with Crippen molar-refractivity contribution in [2.45, 2.75) is 91.5 Å². The number of halogens is 1. The van der Waals surface area contributed by atoms with Crippen LogP contribution in [0.5, 0.6) is 0 Å². The van der Waals surface area contributed by atoms with E-state index in [9.17, 15) is 33.7 Å². The molecule has 0 aliphatic carbocycles. The van der Waals surface area contributed by atoms with Gasteiger partial charge in [0.25, 0.3) is 5.69 Å². The Kier molecular flexibility index (Phi) is 10.5. The summed E-state index contributed by atoms with van der Waals surface area (Å²) in [5.74, 6) is -1.81. The summed E-state index contributed by atoms with van der Waals surface area (Å²) in [5, 5.41) is 12.4. The fourth-order valence-electron chi connectivity index (χ4n) is 5.91. The third kappa shape index (κ3) is 8.36. The number of carbonyl (C=O) groups is 4. The monoisotopic (exact) mass is 691 g/mol. The van der Waals surface area contributed by atoms with Gasteiger partial charge in [-0.05, 0) is 108 Å². The lowest BCUT2D eigenvalue weighted by Gasteiger charge is -2.34. The lowest BCUT2D eigenvalue weighted by Crippen LogP contribution is -2.40. The van der Waals surface area contributed by atoms with Gasteiger partial charge in [0, 0.05) is 25.6 Å². The quantitative estimate of drug-likeness (QED) is 0.152. The molecule has 0 radical (unpaired) electrons. The summed E-state index contributed by atoms with van der Waals surface area (Å²) in [6.07, 6.45) is -0.889. The molecule has 2 N–H and O–H groups in total. The second-order valence-corrected chi connectivity index (χ2v) is 14.0. The summed E-state index contributed by atoms with van der Waals surface area (Å²) in [6, 6.07) is 14.2. The molecule has 1 fully saturated rings. The molecule has 1 aliphatic heterocycles. The van der Waals surface area contributed by atoms with Crippen LogP contribution in [0.3, 0.4) is 0 Å². The van der Waals surface area contributed by atoms with Gasteiger partial charge in [-0.25, -0.2) is 23.8 Å². The highest BCUT2D eigenvalue weighted by atomic mass is 19.1. The summed E-state index contributed by atoms with van der Waals surface area (Å²) in [7, 11) is 0. The van der Waals surface area contributed by atoms with Crippen LogP contribution in [-0.2, 0) is 19.1 Å². The second-order valence-electron chi connectivity index (χ2n) is 14.0. The van der Waals surface area contributed by atoms with Gasteiger partial charge in [-0.1, -0.05) is 12.1 Å². The van der Waals surface area contributed by atoms with Crippen molar-refractivity contribution < 1.29 is 38.0 Å². The van der Waals surface area contributed by atoms with E-state index in [-0.39, 0.29) is 23.1 Å². The Balaban J connectivity index is 1.78. The number of carbonyl (C=O) groups excluding carboxylic acids is 4. The summed E-state index contributed by atoms with van der Waals surface area (Å²) >= 11 is 0. The standard InChI is InChI=1S/C36H42FN5O8/c1-21(43)39(33(45)49-35(3,4)5)30-15-9-23(19-27(30)38)28-17-18-29(41(28)26-13-11-25(37)12-14-26)24-10-16-31(32(20-24)42(47)48)40(22(2)44)34(46)50-36(6,7)8/h9-16,19-20,28-29H,17-18,38H2,1-8H3. The molecule has 3 aromatic carbocycles. The number of nitrogens with two attached hydrogens (primary N) is 1. The highest BCUT2D eigenvalue weighted by Gasteiger charge is 2.39. The molecule has 4 rings (SSSR count). The van der Waals surface area contributed by atoms with Crippen molar-refractivity contribution >= 4 is 52.4 Å². The summed E-state index contributed by atoms with van der Waals surface area (Å²) < 4.78 is 24.8. The van der Waals surface area contributed by atoms with E-state index in [0.717, 1.165) is 11.8 Å². The van der Waals surface area contributed by atoms with E-state index in [2.05, 4.69) is 0 Å². The largest absolute Gasteiger partial charge is 0.443 e. The molecule has 266 valence electrons. The van der Waals surface area contributed by atoms with Crippen LogP contribution in [0.15, 0.2) is 60.7 Å². The third-order valence-electron chi connectivity index (χ3n) is 7.79. The van der Waals surface area contributed by atoms with Crippen molar-refractivity contribution in [2.75, 3.05) is 20.4 Å². The number of amides is 4. The predicted octanol–water partition coefficient (Wildman–Crippen LogP) is 7.97. The van der Waals surface area contributed by atoms with E-state index in [1.807, 2.05) is 4.90 Å². The van der Waals surface area contributed by atoms with Gasteiger partial charge in [-0.15, -0.1) is 0 Å². The topological polar surface area (TPSA) is 166 Å². The Hall–Kier alpha value is -5.53. The molecule has 0 bridgehead atoms. The first-order chi connectivity index (χ1) is 23.2. The minimum absolute atomic E-state index is 0.137. The van der Waals surface area contributed by atoms with Gasteiger partial charge in [-0.3, -0.25) is 19.7 Å². The Bertz CT molecular complexity index is 1820. The van der Waals surface area contributed by atoms with E-state index >= 15 is 0 Å². The van der Waals surface area contributed by atoms with Crippen molar-refractivity contribution in [3.05, 3.63) is 87.7 Å². The first-order valence-corrected chi connectivity index (χ1v) is 16.0. The van der Waals surface area contributed by atoms with Crippen LogP contribution in [0.25, 0.3) is 0 Å². The van der Waals surface area contributed by atoms with Crippen molar-refractivity contribution in [2.24, 2.45) is 0 Å². The average Bonchev–Trinajstić information content (AvgIpc) is 3.41. The van der Waals surface area contributed by atoms with Gasteiger partial charge in [-0.2, -0.15) is 0 Å². The molecule has 1 saturated heterocycles. The van der Waals surface area contributed by atoms with Crippen molar-refractivity contribution in [1.29, 1.82) is 0 Å². The van der Waals surface area contributed by atoms with Crippen LogP contribution in [0.1, 0.15) is 91.4 Å². The van der Waals surface area contributed by atoms with Crippen molar-refractivity contribution in [1.82, 2.24) is 0 Å². The number of ether oxygens (including phenoxy) is 2. The van der Waals surface area contributed by atoms with E-state index in [4.69, 9.17) is 15.2 Å². The zero-order chi connectivity index (χ0) is 37.3. The van der Waals surface area contributed by atoms with Gasteiger partial charge in [0.2, 0.25) is 11.8 Å². The number of hydrogen-bond donors (Lipinski definition) is 1. The lowest BCUT2D eigenvalue weighted by molar-refractivity contribution is -0.384. The highest BCUT2D eigenvalue weighted by Crippen LogP contribution is 2.49. The zero-order valence-corrected chi connectivity index (χ0v) is 29.4. The van der Waals surface area contributed by atoms with E-state index in [0.29, 0.717) is 34.6 Å². The number of nitro benzene ring substituents is 1. The number of nitrogen functional groups attached to an aromatic ring is 1. The van der Waals surface area contributed by atoms with Crippen molar-refractivity contribution in [3.8, 4) is 0 Å². The molecule has 1 heterocycles. The number of anilines is 4. The fourth-order valence-corrected chi connectivity index (χ4v) is 5.91. The van der Waals surface area contributed by atoms with Gasteiger partial charge in [0.05, 0.1) is 28.4 Å². The predicted molar refractivity (Wildman–Crippen MR) is 186 cm³/mol. The molecule has 0 aromatic heterocycles. The molecule has 50 heavy (non-hydrogen) atoms. The molecule has 1 aliphatic rings. The first kappa shape index (κ1) is 37.3. The fraction of sp³-hybridized carbons (Fsp3) is 0.389. The molecule has 4 amide bonds. The maximum atomic E-state index is 14.1. The molecule has 2 atom stereocenters. The number of hydrogen-bond acceptors (Lipinski definition) is 10. The first-order valence-electron chi connectivity index (χ1n) is 16.0. The van der Waals surface area contributed by atoms with Crippen LogP contribution < -0.4 is 20.4 Å². The number of benzene rings is 3. The Morgan fingerprint density at radius 1 is 0.780 bits per heavy atom. The molecule has 3 aromatic rings. The average molecular weight is 692 g/mol. The SMILES string of the molecule is CC(=O)N(C(=O)OC(C)(C)C)c1ccc(C2CCC(c3ccc(N(C(C)=O)C(=O)OC(C)(C)C)c([N+](=O)[O-])c3)N2c2ccc(F)cc2)cc1N. The molecular weight excluding hydrogens is 649 g/mol. The summed E-state index contributed by atoms with van der Waals surface area (Å²) in [6.45, 7) is 12.2. The van der Waals surface area contributed by atoms with Crippen LogP contribution in [-0.4, -0.2) is 40.1 Å². The number of nitrogens with zero attached hydrogens (tertiary/aromatic N) is 4. The molecule has 0 saturated carbocycles. The second kappa shape index (κ2) is 14.1. The molecule has 2 unspecified atom stereocenters. The summed E-state index contributed by atoms with van der Waals surface area (Å²) in [4.78, 5) is 66.2. The molecule has 14 heteroatoms. The van der Waals surface area contributed by atoms with Gasteiger partial charge in [0.1, 0.15) is 22.7 Å². The van der Waals surface area contributed by atoms with Crippen LogP contribution in [0.4, 0.5) is 42.4 Å². The van der Waals surface area contributed by atoms with Crippen LogP contribution in [0, 0.1) is 15.9 Å². The smallest absolute Gasteiger partial charge is 0.421 e. The van der Waals surface area contributed by atoms with Gasteiger partial charge in [0.15, 0.2) is 0 Å². The maximum Gasteiger partial charge on any atom is 0.421 e. The lowest BCUT2D eigenvalue weighted by atomic mass is 10.0. The van der Waals surface area contributed by atoms with E-state index < -0.39 is 57.7 Å². The maximum absolute atomic E-state index is 14.1. The number of imide groups is 2. The van der Waals surface area contributed by atoms with Crippen molar-refractivity contribution in [3.63, 3.8) is 0 Å². The third-order valence-corrected chi connectivity index (χ3v) is 7.79. The van der Waals surface area contributed by atoms with Crippen LogP contribution in [0.2, 0.25) is 0 Å². The number of nitro groups is 1. The highest BCUT2D eigenvalue weighted by molar-refractivity contribution is 6.14. The van der Waals surface area contributed by atoms with Crippen LogP contribution >= 0.6 is 0 Å². The normalized spacial score (nSPS) is 16.1. The Morgan fingerprint density at radius 2 is 1.22 bits per heavy atom. The Labute approximate surface area is 289 Å². The molecule has 0 spiro atoms. The van der Waals surface area contributed by atoms with E-state index in [1.54, 1.807) is 77.9 Å². The minimum atomic E-state index is -1.05. The molecular formula is C36H42FN5O8. The molecule has 13 nitrogen and oxygen atoms in total. The van der Waals surface area contributed by atoms with E-state index in [1.165, 1.54) is 31.2 Å². The summed E-state index contributed by atoms with van der Waals surface area (Å²) in [5.41, 5.74) is 6.02. The van der Waals surface area contributed by atoms with Gasteiger partial charge < -0.3 is 20.1 Å². The van der Waals surface area contributed by atoms with Gasteiger partial charge >= 0.3 is 12.2 Å². The number of rotatable bonds is 6. The zero-order valence-electron chi connectivity index (χ0n) is 29.4. The Morgan fingerprint density at radius 3 is 1.64 bits per heavy atom.